The van der Waals surface area contributed by atoms with Crippen LogP contribution in [0, 0.1) is 0 Å². The van der Waals surface area contributed by atoms with E-state index >= 15 is 0 Å². The van der Waals surface area contributed by atoms with Crippen molar-refractivity contribution in [2.75, 3.05) is 17.6 Å². The molecule has 1 aromatic carbocycles. The Kier molecular flexibility index (Phi) is 4.73. The van der Waals surface area contributed by atoms with E-state index in [1.165, 1.54) is 6.07 Å². The highest BCUT2D eigenvalue weighted by molar-refractivity contribution is 7.92. The van der Waals surface area contributed by atoms with Gasteiger partial charge in [0.1, 0.15) is 5.75 Å². The molecule has 0 aromatic heterocycles. The van der Waals surface area contributed by atoms with E-state index in [0.29, 0.717) is 0 Å². The van der Waals surface area contributed by atoms with Crippen molar-refractivity contribution in [1.82, 2.24) is 0 Å². The molecule has 2 radical (unpaired) electrons. The second-order valence-corrected chi connectivity index (χ2v) is 5.46. The molecule has 4 nitrogen and oxygen atoms in total. The molecule has 0 aliphatic heterocycles. The molecule has 19 heavy (non-hydrogen) atoms. The van der Waals surface area contributed by atoms with Crippen LogP contribution < -0.4 is 9.46 Å². The van der Waals surface area contributed by atoms with Gasteiger partial charge in [-0.1, -0.05) is 6.32 Å². The van der Waals surface area contributed by atoms with Gasteiger partial charge in [-0.05, 0) is 18.2 Å². The van der Waals surface area contributed by atoms with Gasteiger partial charge in [-0.2, -0.15) is 13.2 Å². The van der Waals surface area contributed by atoms with Crippen LogP contribution in [0.1, 0.15) is 5.56 Å². The fraction of sp³-hybridized carbons (Fsp3) is 0.400. The lowest BCUT2D eigenvalue weighted by Gasteiger charge is -2.15. The van der Waals surface area contributed by atoms with Crippen LogP contribution in [0.5, 0.6) is 5.75 Å². The quantitative estimate of drug-likeness (QED) is 0.845. The van der Waals surface area contributed by atoms with Gasteiger partial charge in [-0.3, -0.25) is 4.72 Å². The maximum Gasteiger partial charge on any atom is 0.418 e. The number of anilines is 1. The molecule has 1 aromatic rings. The first-order valence-electron chi connectivity index (χ1n) is 5.15. The molecular weight excluding hydrogens is 282 g/mol. The minimum absolute atomic E-state index is 0.0307. The third-order valence-corrected chi connectivity index (χ3v) is 2.57. The fourth-order valence-corrected chi connectivity index (χ4v) is 1.89. The van der Waals surface area contributed by atoms with Gasteiger partial charge in [-0.25, -0.2) is 8.42 Å². The van der Waals surface area contributed by atoms with E-state index in [4.69, 9.17) is 12.6 Å². The van der Waals surface area contributed by atoms with Crippen molar-refractivity contribution in [1.29, 1.82) is 0 Å². The maximum atomic E-state index is 12.8. The number of rotatable bonds is 5. The minimum Gasteiger partial charge on any atom is -0.494 e. The summed E-state index contributed by atoms with van der Waals surface area (Å²) in [6.07, 6.45) is -3.77. The number of sulfonamides is 1. The fourth-order valence-electron chi connectivity index (χ4n) is 1.31. The van der Waals surface area contributed by atoms with Crippen molar-refractivity contribution in [3.63, 3.8) is 0 Å². The molecule has 0 spiro atoms. The lowest BCUT2D eigenvalue weighted by molar-refractivity contribution is -0.137. The molecule has 0 heterocycles. The highest BCUT2D eigenvalue weighted by Gasteiger charge is 2.34. The van der Waals surface area contributed by atoms with Crippen molar-refractivity contribution in [3.05, 3.63) is 23.8 Å². The number of alkyl halides is 3. The third-order valence-electron chi connectivity index (χ3n) is 1.98. The zero-order valence-electron chi connectivity index (χ0n) is 9.99. The molecule has 104 valence electrons. The van der Waals surface area contributed by atoms with Crippen LogP contribution in [0.25, 0.3) is 0 Å². The van der Waals surface area contributed by atoms with Gasteiger partial charge >= 0.3 is 6.18 Å². The summed E-state index contributed by atoms with van der Waals surface area (Å²) in [5.41, 5.74) is -1.66. The Balaban J connectivity index is 3.17. The molecule has 0 atom stereocenters. The van der Waals surface area contributed by atoms with E-state index in [0.717, 1.165) is 18.4 Å². The first-order valence-corrected chi connectivity index (χ1v) is 7.04. The molecule has 0 amide bonds. The van der Waals surface area contributed by atoms with Gasteiger partial charge in [0.05, 0.1) is 32.0 Å². The number of ether oxygens (including phenoxy) is 1. The Morgan fingerprint density at radius 1 is 1.37 bits per heavy atom. The summed E-state index contributed by atoms with van der Waals surface area (Å²) < 4.78 is 67.2. The molecule has 0 saturated heterocycles. The summed E-state index contributed by atoms with van der Waals surface area (Å²) >= 11 is 0. The number of nitrogens with one attached hydrogen (secondary N) is 1. The Morgan fingerprint density at radius 2 is 2.00 bits per heavy atom. The summed E-state index contributed by atoms with van der Waals surface area (Å²) in [6.45, 7) is 0.0656. The zero-order valence-corrected chi connectivity index (χ0v) is 10.8. The Bertz CT molecular complexity index is 545. The molecule has 0 aliphatic rings. The van der Waals surface area contributed by atoms with Gasteiger partial charge in [-0.15, -0.1) is 0 Å². The predicted octanol–water partition coefficient (Wildman–Crippen LogP) is 2.04. The topological polar surface area (TPSA) is 55.4 Å². The van der Waals surface area contributed by atoms with E-state index < -0.39 is 27.5 Å². The predicted molar refractivity (Wildman–Crippen MR) is 66.0 cm³/mol. The van der Waals surface area contributed by atoms with E-state index in [1.807, 2.05) is 4.72 Å². The normalized spacial score (nSPS) is 12.2. The first-order chi connectivity index (χ1) is 8.63. The van der Waals surface area contributed by atoms with Crippen LogP contribution in [0.2, 0.25) is 6.32 Å². The molecule has 9 heteroatoms. The molecule has 0 saturated carbocycles. The van der Waals surface area contributed by atoms with Gasteiger partial charge in [0.15, 0.2) is 0 Å². The minimum atomic E-state index is -4.70. The van der Waals surface area contributed by atoms with Crippen LogP contribution in [0.3, 0.4) is 0 Å². The zero-order chi connectivity index (χ0) is 14.7. The Hall–Kier alpha value is -1.38. The van der Waals surface area contributed by atoms with Gasteiger partial charge in [0.25, 0.3) is 0 Å². The smallest absolute Gasteiger partial charge is 0.418 e. The van der Waals surface area contributed by atoms with Crippen molar-refractivity contribution >= 4 is 23.6 Å². The second-order valence-electron chi connectivity index (χ2n) is 3.72. The molecule has 0 fully saturated rings. The molecule has 0 unspecified atom stereocenters. The van der Waals surface area contributed by atoms with Crippen LogP contribution in [0.15, 0.2) is 18.2 Å². The standard InChI is InChI=1S/C10H11BF3NO3S/c1-19(16,17)15-9-3-2-7(18-5-4-11)6-8(9)10(12,13)14/h2-3,6,15H,4-5H2,1H3. The molecule has 0 bridgehead atoms. The average Bonchev–Trinajstić information content (AvgIpc) is 2.24. The highest BCUT2D eigenvalue weighted by atomic mass is 32.2. The molecular formula is C10H11BF3NO3S. The third kappa shape index (κ3) is 5.02. The summed E-state index contributed by atoms with van der Waals surface area (Å²) in [7, 11) is 1.37. The number of hydrogen-bond acceptors (Lipinski definition) is 3. The summed E-state index contributed by atoms with van der Waals surface area (Å²) in [5, 5.41) is 0. The van der Waals surface area contributed by atoms with E-state index in [1.54, 1.807) is 0 Å². The monoisotopic (exact) mass is 293 g/mol. The number of hydrogen-bond donors (Lipinski definition) is 1. The van der Waals surface area contributed by atoms with Gasteiger partial charge < -0.3 is 4.74 Å². The maximum absolute atomic E-state index is 12.8. The first kappa shape index (κ1) is 15.7. The Morgan fingerprint density at radius 3 is 2.47 bits per heavy atom. The van der Waals surface area contributed by atoms with Crippen LogP contribution >= 0.6 is 0 Å². The lowest BCUT2D eigenvalue weighted by atomic mass is 10.1. The molecule has 0 aliphatic carbocycles. The van der Waals surface area contributed by atoms with Crippen molar-refractivity contribution < 1.29 is 26.3 Å². The number of halogens is 3. The van der Waals surface area contributed by atoms with Crippen LogP contribution in [0.4, 0.5) is 18.9 Å². The lowest BCUT2D eigenvalue weighted by Crippen LogP contribution is -2.15. The van der Waals surface area contributed by atoms with E-state index in [-0.39, 0.29) is 18.7 Å². The van der Waals surface area contributed by atoms with Crippen LogP contribution in [-0.4, -0.2) is 29.1 Å². The van der Waals surface area contributed by atoms with Crippen LogP contribution in [-0.2, 0) is 16.2 Å². The highest BCUT2D eigenvalue weighted by Crippen LogP contribution is 2.37. The Labute approximate surface area is 110 Å². The summed E-state index contributed by atoms with van der Waals surface area (Å²) in [5.74, 6) is -0.0307. The molecule has 1 rings (SSSR count). The SMILES string of the molecule is [B]CCOc1ccc(NS(C)(=O)=O)c(C(F)(F)F)c1. The molecule has 1 N–H and O–H groups in total. The average molecular weight is 293 g/mol. The van der Waals surface area contributed by atoms with Crippen molar-refractivity contribution in [2.45, 2.75) is 12.5 Å². The summed E-state index contributed by atoms with van der Waals surface area (Å²) in [4.78, 5) is 0. The second kappa shape index (κ2) is 5.73. The van der Waals surface area contributed by atoms with Crippen molar-refractivity contribution in [2.24, 2.45) is 0 Å². The van der Waals surface area contributed by atoms with E-state index in [2.05, 4.69) is 0 Å². The van der Waals surface area contributed by atoms with E-state index in [9.17, 15) is 21.6 Å². The van der Waals surface area contributed by atoms with Gasteiger partial charge in [0.2, 0.25) is 10.0 Å². The van der Waals surface area contributed by atoms with Gasteiger partial charge in [0, 0.05) is 0 Å². The number of benzene rings is 1. The summed E-state index contributed by atoms with van der Waals surface area (Å²) in [6, 6.07) is 2.96. The van der Waals surface area contributed by atoms with Crippen molar-refractivity contribution in [3.8, 4) is 5.75 Å². The largest absolute Gasteiger partial charge is 0.494 e.